The number of nitrogens with one attached hydrogen (secondary N) is 2. The highest BCUT2D eigenvalue weighted by molar-refractivity contribution is 5.78. The molecule has 0 atom stereocenters. The van der Waals surface area contributed by atoms with Crippen molar-refractivity contribution in [2.45, 2.75) is 38.1 Å². The van der Waals surface area contributed by atoms with Gasteiger partial charge in [-0.3, -0.25) is 14.1 Å². The minimum Gasteiger partial charge on any atom is -0.369 e. The summed E-state index contributed by atoms with van der Waals surface area (Å²) in [6, 6.07) is 17.1. The molecule has 0 bridgehead atoms. The predicted octanol–water partition coefficient (Wildman–Crippen LogP) is 4.89. The number of aromatic amines is 1. The van der Waals surface area contributed by atoms with Crippen molar-refractivity contribution in [1.82, 2.24) is 19.3 Å². The number of pyridine rings is 2. The normalized spacial score (nSPS) is 17.7. The van der Waals surface area contributed by atoms with Crippen molar-refractivity contribution in [3.8, 4) is 11.3 Å². The summed E-state index contributed by atoms with van der Waals surface area (Å²) in [4.78, 5) is 24.2. The van der Waals surface area contributed by atoms with E-state index < -0.39 is 0 Å². The average Bonchev–Trinajstić information content (AvgIpc) is 3.41. The first-order chi connectivity index (χ1) is 17.2. The molecule has 0 amide bonds. The van der Waals surface area contributed by atoms with Gasteiger partial charge in [-0.1, -0.05) is 19.3 Å². The molecule has 2 aliphatic rings. The van der Waals surface area contributed by atoms with E-state index in [2.05, 4.69) is 49.4 Å². The molecule has 3 aromatic heterocycles. The molecule has 7 heteroatoms. The zero-order valence-corrected chi connectivity index (χ0v) is 20.0. The summed E-state index contributed by atoms with van der Waals surface area (Å²) in [5.74, 6) is 0. The molecule has 180 valence electrons. The van der Waals surface area contributed by atoms with E-state index in [-0.39, 0.29) is 5.56 Å². The fourth-order valence-electron chi connectivity index (χ4n) is 5.65. The van der Waals surface area contributed by atoms with Crippen LogP contribution in [0.15, 0.2) is 71.9 Å². The monoisotopic (exact) mass is 468 g/mol. The lowest BCUT2D eigenvalue weighted by Gasteiger charge is -2.41. The summed E-state index contributed by atoms with van der Waals surface area (Å²) in [6.07, 6.45) is 12.4. The summed E-state index contributed by atoms with van der Waals surface area (Å²) in [7, 11) is 0. The second-order valence-electron chi connectivity index (χ2n) is 9.68. The van der Waals surface area contributed by atoms with Crippen LogP contribution in [-0.4, -0.2) is 51.5 Å². The van der Waals surface area contributed by atoms with Gasteiger partial charge in [0.15, 0.2) is 5.65 Å². The molecule has 1 saturated carbocycles. The van der Waals surface area contributed by atoms with Crippen LogP contribution in [0.3, 0.4) is 0 Å². The number of imidazole rings is 1. The van der Waals surface area contributed by atoms with E-state index in [0.717, 1.165) is 47.4 Å². The van der Waals surface area contributed by atoms with Gasteiger partial charge < -0.3 is 15.2 Å². The van der Waals surface area contributed by atoms with Crippen LogP contribution in [0.25, 0.3) is 16.9 Å². The highest BCUT2D eigenvalue weighted by Gasteiger charge is 2.25. The Morgan fingerprint density at radius 1 is 0.914 bits per heavy atom. The quantitative estimate of drug-likeness (QED) is 0.437. The average molecular weight is 469 g/mol. The van der Waals surface area contributed by atoms with Gasteiger partial charge >= 0.3 is 0 Å². The first-order valence-corrected chi connectivity index (χ1v) is 12.8. The Morgan fingerprint density at radius 2 is 1.71 bits per heavy atom. The third-order valence-electron chi connectivity index (χ3n) is 7.54. The molecule has 4 aromatic rings. The van der Waals surface area contributed by atoms with E-state index in [1.54, 1.807) is 18.5 Å². The van der Waals surface area contributed by atoms with Crippen LogP contribution >= 0.6 is 0 Å². The summed E-state index contributed by atoms with van der Waals surface area (Å²) in [5.41, 5.74) is 5.74. The number of aromatic nitrogens is 3. The number of H-pyrrole nitrogens is 1. The summed E-state index contributed by atoms with van der Waals surface area (Å²) in [5, 5.41) is 3.53. The van der Waals surface area contributed by atoms with Crippen LogP contribution in [-0.2, 0) is 0 Å². The van der Waals surface area contributed by atoms with E-state index in [1.165, 1.54) is 50.9 Å². The molecule has 0 spiro atoms. The molecule has 1 aromatic carbocycles. The van der Waals surface area contributed by atoms with Crippen LogP contribution in [0, 0.1) is 0 Å². The maximum atomic E-state index is 11.8. The first kappa shape index (κ1) is 21.9. The summed E-state index contributed by atoms with van der Waals surface area (Å²) < 4.78 is 2.01. The Hall–Kier alpha value is -3.58. The van der Waals surface area contributed by atoms with Crippen molar-refractivity contribution in [2.24, 2.45) is 0 Å². The van der Waals surface area contributed by atoms with Gasteiger partial charge in [0.25, 0.3) is 0 Å². The van der Waals surface area contributed by atoms with Crippen LogP contribution in [0.2, 0.25) is 0 Å². The van der Waals surface area contributed by atoms with Crippen LogP contribution in [0.4, 0.5) is 17.1 Å². The lowest BCUT2D eigenvalue weighted by atomic mass is 9.94. The smallest absolute Gasteiger partial charge is 0.248 e. The highest BCUT2D eigenvalue weighted by Crippen LogP contribution is 2.29. The number of hydrogen-bond donors (Lipinski definition) is 2. The summed E-state index contributed by atoms with van der Waals surface area (Å²) >= 11 is 0. The standard InChI is InChI=1S/C28H32N6O/c35-27-20-21(12-13-29-27)26-11-10-25(28-30-14-15-34(26)28)31-22-6-8-24(9-7-22)33-18-16-32(17-19-33)23-4-2-1-3-5-23/h6-15,20,23,31H,1-5,16-19H2,(H,29,35). The predicted molar refractivity (Wildman–Crippen MR) is 142 cm³/mol. The molecule has 1 aliphatic carbocycles. The van der Waals surface area contributed by atoms with Crippen LogP contribution in [0.1, 0.15) is 32.1 Å². The SMILES string of the molecule is O=c1cc(-c2ccc(Nc3ccc(N4CCN(C5CCCCC5)CC4)cc3)c3nccn23)cc[nH]1. The molecule has 2 N–H and O–H groups in total. The van der Waals surface area contributed by atoms with Gasteiger partial charge in [-0.05, 0) is 55.3 Å². The molecule has 7 nitrogen and oxygen atoms in total. The van der Waals surface area contributed by atoms with Crippen molar-refractivity contribution in [2.75, 3.05) is 36.4 Å². The minimum atomic E-state index is -0.117. The Morgan fingerprint density at radius 3 is 2.49 bits per heavy atom. The number of benzene rings is 1. The zero-order chi connectivity index (χ0) is 23.6. The van der Waals surface area contributed by atoms with Crippen LogP contribution < -0.4 is 15.8 Å². The van der Waals surface area contributed by atoms with E-state index in [1.807, 2.05) is 28.8 Å². The van der Waals surface area contributed by atoms with Gasteiger partial charge in [0.2, 0.25) is 5.56 Å². The lowest BCUT2D eigenvalue weighted by molar-refractivity contribution is 0.148. The van der Waals surface area contributed by atoms with Crippen molar-refractivity contribution in [1.29, 1.82) is 0 Å². The number of fused-ring (bicyclic) bond motifs is 1. The lowest BCUT2D eigenvalue weighted by Crippen LogP contribution is -2.50. The van der Waals surface area contributed by atoms with Gasteiger partial charge in [-0.25, -0.2) is 4.98 Å². The fourth-order valence-corrected chi connectivity index (χ4v) is 5.65. The second kappa shape index (κ2) is 9.58. The Balaban J connectivity index is 1.15. The zero-order valence-electron chi connectivity index (χ0n) is 20.0. The molecule has 2 fully saturated rings. The van der Waals surface area contributed by atoms with Gasteiger partial charge in [-0.2, -0.15) is 0 Å². The van der Waals surface area contributed by atoms with Gasteiger partial charge in [-0.15, -0.1) is 0 Å². The van der Waals surface area contributed by atoms with Crippen molar-refractivity contribution < 1.29 is 0 Å². The minimum absolute atomic E-state index is 0.117. The van der Waals surface area contributed by atoms with Crippen molar-refractivity contribution >= 4 is 22.7 Å². The topological polar surface area (TPSA) is 68.7 Å². The molecule has 35 heavy (non-hydrogen) atoms. The Labute approximate surface area is 205 Å². The molecular weight excluding hydrogens is 436 g/mol. The van der Waals surface area contributed by atoms with E-state index in [9.17, 15) is 4.79 Å². The number of rotatable bonds is 5. The van der Waals surface area contributed by atoms with Crippen molar-refractivity contribution in [3.05, 3.63) is 77.5 Å². The third-order valence-corrected chi connectivity index (χ3v) is 7.54. The number of hydrogen-bond acceptors (Lipinski definition) is 5. The molecular formula is C28H32N6O. The molecule has 1 aliphatic heterocycles. The largest absolute Gasteiger partial charge is 0.369 e. The van der Waals surface area contributed by atoms with Gasteiger partial charge in [0.1, 0.15) is 0 Å². The number of nitrogens with zero attached hydrogens (tertiary/aromatic N) is 4. The van der Waals surface area contributed by atoms with Crippen LogP contribution in [0.5, 0.6) is 0 Å². The first-order valence-electron chi connectivity index (χ1n) is 12.8. The molecule has 1 saturated heterocycles. The van der Waals surface area contributed by atoms with Crippen molar-refractivity contribution in [3.63, 3.8) is 0 Å². The second-order valence-corrected chi connectivity index (χ2v) is 9.68. The Bertz CT molecular complexity index is 1340. The molecule has 4 heterocycles. The van der Waals surface area contributed by atoms with E-state index >= 15 is 0 Å². The maximum Gasteiger partial charge on any atom is 0.248 e. The van der Waals surface area contributed by atoms with Gasteiger partial charge in [0, 0.05) is 73.8 Å². The third kappa shape index (κ3) is 4.56. The highest BCUT2D eigenvalue weighted by atomic mass is 16.1. The number of piperazine rings is 1. The number of anilines is 3. The fraction of sp³-hybridized carbons (Fsp3) is 0.357. The maximum absolute atomic E-state index is 11.8. The van der Waals surface area contributed by atoms with E-state index in [4.69, 9.17) is 0 Å². The Kier molecular flexibility index (Phi) is 6.00. The molecule has 0 radical (unpaired) electrons. The molecule has 0 unspecified atom stereocenters. The van der Waals surface area contributed by atoms with E-state index in [0.29, 0.717) is 0 Å². The summed E-state index contributed by atoms with van der Waals surface area (Å²) in [6.45, 7) is 4.54. The molecule has 6 rings (SSSR count). The van der Waals surface area contributed by atoms with Gasteiger partial charge in [0.05, 0.1) is 11.4 Å².